The van der Waals surface area contributed by atoms with E-state index in [-0.39, 0.29) is 5.75 Å². The number of nitrogens with zero attached hydrogens (tertiary/aromatic N) is 1. The summed E-state index contributed by atoms with van der Waals surface area (Å²) in [7, 11) is -3.20. The van der Waals surface area contributed by atoms with Crippen LogP contribution in [0.3, 0.4) is 0 Å². The Labute approximate surface area is 127 Å². The Morgan fingerprint density at radius 3 is 2.14 bits per heavy atom. The van der Waals surface area contributed by atoms with Crippen molar-refractivity contribution in [2.75, 3.05) is 18.8 Å². The topological polar surface area (TPSA) is 63.4 Å². The highest BCUT2D eigenvalue weighted by Crippen LogP contribution is 2.46. The summed E-state index contributed by atoms with van der Waals surface area (Å²) in [5, 5.41) is 0. The number of rotatable bonds is 3. The smallest absolute Gasteiger partial charge is 0.218 e. The fourth-order valence-corrected chi connectivity index (χ4v) is 5.31. The average Bonchev–Trinajstić information content (AvgIpc) is 2.90. The van der Waals surface area contributed by atoms with Crippen molar-refractivity contribution in [3.8, 4) is 0 Å². The molecule has 0 bridgehead atoms. The van der Waals surface area contributed by atoms with Crippen LogP contribution >= 0.6 is 0 Å². The van der Waals surface area contributed by atoms with Crippen LogP contribution < -0.4 is 5.73 Å². The molecule has 0 atom stereocenters. The lowest BCUT2D eigenvalue weighted by Crippen LogP contribution is -2.42. The maximum absolute atomic E-state index is 12.5. The average molecular weight is 308 g/mol. The Kier molecular flexibility index (Phi) is 3.97. The van der Waals surface area contributed by atoms with Crippen molar-refractivity contribution >= 4 is 15.7 Å². The molecule has 1 saturated carbocycles. The molecule has 1 aliphatic carbocycles. The predicted octanol–water partition coefficient (Wildman–Crippen LogP) is 2.75. The van der Waals surface area contributed by atoms with Crippen molar-refractivity contribution in [2.45, 2.75) is 44.3 Å². The van der Waals surface area contributed by atoms with Gasteiger partial charge in [-0.25, -0.2) is 12.7 Å². The first-order chi connectivity index (χ1) is 9.99. The van der Waals surface area contributed by atoms with Gasteiger partial charge >= 0.3 is 0 Å². The molecule has 116 valence electrons. The monoisotopic (exact) mass is 308 g/mol. The molecule has 3 rings (SSSR count). The third-order valence-electron chi connectivity index (χ3n) is 5.17. The van der Waals surface area contributed by atoms with Crippen LogP contribution in [0.1, 0.15) is 44.1 Å². The van der Waals surface area contributed by atoms with E-state index < -0.39 is 10.0 Å². The molecule has 1 spiro atoms. The summed E-state index contributed by atoms with van der Waals surface area (Å²) >= 11 is 0. The Morgan fingerprint density at radius 2 is 1.57 bits per heavy atom. The van der Waals surface area contributed by atoms with Gasteiger partial charge in [0.1, 0.15) is 0 Å². The second-order valence-electron chi connectivity index (χ2n) is 6.60. The van der Waals surface area contributed by atoms with Crippen LogP contribution in [-0.2, 0) is 15.8 Å². The third kappa shape index (κ3) is 3.24. The van der Waals surface area contributed by atoms with Crippen LogP contribution in [0, 0.1) is 5.41 Å². The maximum Gasteiger partial charge on any atom is 0.218 e. The molecule has 2 fully saturated rings. The number of nitrogen functional groups attached to an aromatic ring is 1. The summed E-state index contributed by atoms with van der Waals surface area (Å²) in [6.07, 6.45) is 7.29. The van der Waals surface area contributed by atoms with Crippen molar-refractivity contribution in [3.63, 3.8) is 0 Å². The quantitative estimate of drug-likeness (QED) is 0.873. The molecule has 5 heteroatoms. The molecule has 1 aromatic carbocycles. The first-order valence-electron chi connectivity index (χ1n) is 7.81. The first-order valence-corrected chi connectivity index (χ1v) is 9.42. The number of nitrogens with two attached hydrogens (primary N) is 1. The van der Waals surface area contributed by atoms with Gasteiger partial charge in [0.05, 0.1) is 5.75 Å². The summed E-state index contributed by atoms with van der Waals surface area (Å²) in [6, 6.07) is 7.12. The van der Waals surface area contributed by atoms with Gasteiger partial charge < -0.3 is 5.73 Å². The van der Waals surface area contributed by atoms with Crippen LogP contribution in [0.2, 0.25) is 0 Å². The van der Waals surface area contributed by atoms with Crippen LogP contribution in [0.4, 0.5) is 5.69 Å². The molecule has 0 unspecified atom stereocenters. The van der Waals surface area contributed by atoms with Gasteiger partial charge in [-0.2, -0.15) is 0 Å². The van der Waals surface area contributed by atoms with Gasteiger partial charge in [-0.3, -0.25) is 0 Å². The highest BCUT2D eigenvalue weighted by atomic mass is 32.2. The zero-order chi connectivity index (χ0) is 14.9. The minimum atomic E-state index is -3.20. The van der Waals surface area contributed by atoms with Crippen LogP contribution in [0.25, 0.3) is 0 Å². The van der Waals surface area contributed by atoms with E-state index in [4.69, 9.17) is 5.73 Å². The number of hydrogen-bond acceptors (Lipinski definition) is 3. The molecule has 2 N–H and O–H groups in total. The maximum atomic E-state index is 12.5. The van der Waals surface area contributed by atoms with Crippen molar-refractivity contribution in [1.82, 2.24) is 4.31 Å². The molecular formula is C16H24N2O2S. The molecular weight excluding hydrogens is 284 g/mol. The summed E-state index contributed by atoms with van der Waals surface area (Å²) in [5.41, 5.74) is 7.57. The van der Waals surface area contributed by atoms with E-state index in [2.05, 4.69) is 0 Å². The summed E-state index contributed by atoms with van der Waals surface area (Å²) in [6.45, 7) is 1.38. The lowest BCUT2D eigenvalue weighted by atomic mass is 9.78. The molecule has 2 aliphatic rings. The number of anilines is 1. The van der Waals surface area contributed by atoms with Crippen molar-refractivity contribution in [1.29, 1.82) is 0 Å². The number of sulfonamides is 1. The van der Waals surface area contributed by atoms with E-state index >= 15 is 0 Å². The Bertz CT molecular complexity index is 579. The lowest BCUT2D eigenvalue weighted by Gasteiger charge is -2.38. The highest BCUT2D eigenvalue weighted by molar-refractivity contribution is 7.88. The van der Waals surface area contributed by atoms with Gasteiger partial charge in [0.15, 0.2) is 0 Å². The predicted molar refractivity (Wildman–Crippen MR) is 85.2 cm³/mol. The molecule has 1 aromatic rings. The minimum Gasteiger partial charge on any atom is -0.399 e. The molecule has 1 saturated heterocycles. The van der Waals surface area contributed by atoms with Gasteiger partial charge in [0, 0.05) is 18.8 Å². The number of hydrogen-bond donors (Lipinski definition) is 1. The zero-order valence-electron chi connectivity index (χ0n) is 12.4. The number of piperidine rings is 1. The molecule has 0 radical (unpaired) electrons. The fourth-order valence-electron chi connectivity index (χ4n) is 3.78. The molecule has 0 aromatic heterocycles. The van der Waals surface area contributed by atoms with E-state index in [1.807, 2.05) is 0 Å². The Balaban J connectivity index is 1.64. The second kappa shape index (κ2) is 5.61. The summed E-state index contributed by atoms with van der Waals surface area (Å²) in [5.74, 6) is 0.0836. The van der Waals surface area contributed by atoms with Gasteiger partial charge in [-0.1, -0.05) is 25.0 Å². The fraction of sp³-hybridized carbons (Fsp3) is 0.625. The van der Waals surface area contributed by atoms with Crippen LogP contribution in [-0.4, -0.2) is 25.8 Å². The molecule has 4 nitrogen and oxygen atoms in total. The molecule has 21 heavy (non-hydrogen) atoms. The normalized spacial score (nSPS) is 22.7. The molecule has 1 heterocycles. The number of benzene rings is 1. The highest BCUT2D eigenvalue weighted by Gasteiger charge is 2.39. The zero-order valence-corrected chi connectivity index (χ0v) is 13.2. The summed E-state index contributed by atoms with van der Waals surface area (Å²) in [4.78, 5) is 0. The Morgan fingerprint density at radius 1 is 1.00 bits per heavy atom. The van der Waals surface area contributed by atoms with Gasteiger partial charge in [0.2, 0.25) is 10.0 Å². The third-order valence-corrected chi connectivity index (χ3v) is 7.02. The van der Waals surface area contributed by atoms with Gasteiger partial charge in [-0.05, 0) is 48.8 Å². The van der Waals surface area contributed by atoms with Crippen molar-refractivity contribution in [2.24, 2.45) is 5.41 Å². The van der Waals surface area contributed by atoms with E-state index in [1.165, 1.54) is 25.7 Å². The van der Waals surface area contributed by atoms with Crippen molar-refractivity contribution < 1.29 is 8.42 Å². The van der Waals surface area contributed by atoms with Gasteiger partial charge in [0.25, 0.3) is 0 Å². The van der Waals surface area contributed by atoms with E-state index in [9.17, 15) is 8.42 Å². The molecule has 0 amide bonds. The van der Waals surface area contributed by atoms with E-state index in [0.717, 1.165) is 18.4 Å². The van der Waals surface area contributed by atoms with E-state index in [0.29, 0.717) is 24.2 Å². The minimum absolute atomic E-state index is 0.0836. The van der Waals surface area contributed by atoms with Crippen molar-refractivity contribution in [3.05, 3.63) is 29.8 Å². The molecule has 1 aliphatic heterocycles. The summed E-state index contributed by atoms with van der Waals surface area (Å²) < 4.78 is 26.8. The van der Waals surface area contributed by atoms with Crippen LogP contribution in [0.15, 0.2) is 24.3 Å². The SMILES string of the molecule is Nc1ccc(CS(=O)(=O)N2CCC3(CCCC3)CC2)cc1. The first kappa shape index (κ1) is 14.9. The van der Waals surface area contributed by atoms with Gasteiger partial charge in [-0.15, -0.1) is 0 Å². The lowest BCUT2D eigenvalue weighted by molar-refractivity contribution is 0.160. The Hall–Kier alpha value is -1.07. The van der Waals surface area contributed by atoms with E-state index in [1.54, 1.807) is 28.6 Å². The standard InChI is InChI=1S/C16H24N2O2S/c17-15-5-3-14(4-6-15)13-21(19,20)18-11-9-16(10-12-18)7-1-2-8-16/h3-6H,1-2,7-13,17H2. The largest absolute Gasteiger partial charge is 0.399 e. The second-order valence-corrected chi connectivity index (χ2v) is 8.57. The van der Waals surface area contributed by atoms with Crippen LogP contribution in [0.5, 0.6) is 0 Å².